The highest BCUT2D eigenvalue weighted by molar-refractivity contribution is 6.10. The molecule has 0 unspecified atom stereocenters. The van der Waals surface area contributed by atoms with E-state index in [2.05, 4.69) is 254 Å². The van der Waals surface area contributed by atoms with Gasteiger partial charge in [0, 0.05) is 45.9 Å². The zero-order chi connectivity index (χ0) is 46.7. The summed E-state index contributed by atoms with van der Waals surface area (Å²) in [5.74, 6) is 2.42. The first kappa shape index (κ1) is 40.4. The average Bonchev–Trinajstić information content (AvgIpc) is 4.13. The van der Waals surface area contributed by atoms with E-state index in [-0.39, 0.29) is 5.41 Å². The lowest BCUT2D eigenvalue weighted by Gasteiger charge is -2.32. The summed E-state index contributed by atoms with van der Waals surface area (Å²) in [5.41, 5.74) is 20.4. The Morgan fingerprint density at radius 2 is 1.10 bits per heavy atom. The second kappa shape index (κ2) is 15.2. The number of aromatic nitrogens is 2. The van der Waals surface area contributed by atoms with Gasteiger partial charge in [-0.15, -0.1) is 0 Å². The van der Waals surface area contributed by atoms with Gasteiger partial charge in [0.1, 0.15) is 24.0 Å². The van der Waals surface area contributed by atoms with Gasteiger partial charge in [0.25, 0.3) is 0 Å². The van der Waals surface area contributed by atoms with Crippen molar-refractivity contribution >= 4 is 44.6 Å². The number of ether oxygens (including phenoxy) is 1. The van der Waals surface area contributed by atoms with E-state index in [1.54, 1.807) is 0 Å². The molecular formula is C65H48N4O. The van der Waals surface area contributed by atoms with Crippen LogP contribution in [0.3, 0.4) is 0 Å². The quantitative estimate of drug-likeness (QED) is 0.166. The van der Waals surface area contributed by atoms with Gasteiger partial charge in [-0.2, -0.15) is 0 Å². The highest BCUT2D eigenvalue weighted by Crippen LogP contribution is 2.66. The van der Waals surface area contributed by atoms with Crippen LogP contribution in [0, 0.1) is 0 Å². The van der Waals surface area contributed by atoms with Crippen LogP contribution in [0.2, 0.25) is 0 Å². The zero-order valence-corrected chi connectivity index (χ0v) is 39.3. The maximum absolute atomic E-state index is 6.86. The summed E-state index contributed by atoms with van der Waals surface area (Å²) in [4.78, 5) is 9.90. The largest absolute Gasteiger partial charge is 0.457 e. The average molecular weight is 901 g/mol. The molecule has 70 heavy (non-hydrogen) atoms. The normalized spacial score (nSPS) is 13.9. The molecule has 2 aliphatic carbocycles. The third kappa shape index (κ3) is 5.81. The van der Waals surface area contributed by atoms with Gasteiger partial charge in [0.05, 0.1) is 33.5 Å². The van der Waals surface area contributed by atoms with Crippen LogP contribution in [0.1, 0.15) is 48.6 Å². The number of rotatable bonds is 6. The van der Waals surface area contributed by atoms with E-state index in [1.807, 2.05) is 6.20 Å². The molecular weight excluding hydrogens is 853 g/mol. The van der Waals surface area contributed by atoms with E-state index in [9.17, 15) is 0 Å². The molecule has 0 atom stereocenters. The van der Waals surface area contributed by atoms with Gasteiger partial charge in [-0.3, -0.25) is 4.57 Å². The Labute approximate surface area is 408 Å². The predicted molar refractivity (Wildman–Crippen MR) is 288 cm³/mol. The van der Waals surface area contributed by atoms with Crippen LogP contribution in [0.5, 0.6) is 11.5 Å². The van der Waals surface area contributed by atoms with Gasteiger partial charge in [-0.1, -0.05) is 172 Å². The molecule has 14 rings (SSSR count). The zero-order valence-electron chi connectivity index (χ0n) is 39.3. The predicted octanol–water partition coefficient (Wildman–Crippen LogP) is 16.5. The Morgan fingerprint density at radius 1 is 0.471 bits per heavy atom. The summed E-state index contributed by atoms with van der Waals surface area (Å²) in [6.45, 7) is 7.34. The molecule has 0 radical (unpaired) electrons. The van der Waals surface area contributed by atoms with Gasteiger partial charge in [-0.05, 0) is 110 Å². The molecule has 5 nitrogen and oxygen atoms in total. The van der Waals surface area contributed by atoms with Crippen LogP contribution in [0.4, 0.5) is 22.7 Å². The van der Waals surface area contributed by atoms with Gasteiger partial charge in [-0.25, -0.2) is 4.98 Å². The minimum atomic E-state index is -0.460. The van der Waals surface area contributed by atoms with Crippen LogP contribution < -0.4 is 14.5 Å². The molecule has 0 N–H and O–H groups in total. The molecule has 2 aromatic heterocycles. The van der Waals surface area contributed by atoms with E-state index in [4.69, 9.17) is 9.72 Å². The number of anilines is 4. The molecule has 1 spiro atoms. The molecule has 1 aliphatic heterocycles. The van der Waals surface area contributed by atoms with Crippen molar-refractivity contribution in [3.05, 3.63) is 252 Å². The summed E-state index contributed by atoms with van der Waals surface area (Å²) in [7, 11) is 0. The Morgan fingerprint density at radius 3 is 1.86 bits per heavy atom. The molecule has 0 amide bonds. The summed E-state index contributed by atoms with van der Waals surface area (Å²) < 4.78 is 9.14. The molecule has 0 bridgehead atoms. The highest BCUT2D eigenvalue weighted by Gasteiger charge is 2.53. The van der Waals surface area contributed by atoms with E-state index < -0.39 is 5.41 Å². The summed E-state index contributed by atoms with van der Waals surface area (Å²) in [6, 6.07) is 79.7. The molecule has 11 aromatic rings. The molecule has 5 heteroatoms. The fourth-order valence-corrected chi connectivity index (χ4v) is 12.0. The van der Waals surface area contributed by atoms with Crippen molar-refractivity contribution in [2.45, 2.75) is 31.6 Å². The first-order chi connectivity index (χ1) is 34.4. The Hall–Kier alpha value is -8.67. The van der Waals surface area contributed by atoms with Gasteiger partial charge < -0.3 is 14.5 Å². The molecule has 0 fully saturated rings. The smallest absolute Gasteiger partial charge is 0.137 e. The molecule has 334 valence electrons. The maximum atomic E-state index is 6.86. The van der Waals surface area contributed by atoms with Crippen molar-refractivity contribution in [2.75, 3.05) is 16.5 Å². The first-order valence-electron chi connectivity index (χ1n) is 24.3. The number of pyridine rings is 1. The topological polar surface area (TPSA) is 33.5 Å². The number of nitrogens with zero attached hydrogens (tertiary/aromatic N) is 4. The van der Waals surface area contributed by atoms with Gasteiger partial charge >= 0.3 is 0 Å². The monoisotopic (exact) mass is 900 g/mol. The van der Waals surface area contributed by atoms with Crippen molar-refractivity contribution in [1.82, 2.24) is 9.55 Å². The standard InChI is InChI=1S/C65H48N4O/c1-64(2,3)43-36-37-66-61(38-43)69-57-29-14-10-24-50(57)51-33-32-46(40-60(51)69)70-45-21-17-20-44(39-45)67-41-68(59-31-16-15-30-58(59)67)63-47(42-18-5-4-6-19-42)34-35-56-62(63)52-25-9-13-28-55(52)65(56)53-26-11-7-22-48(53)49-23-8-12-27-54(49)65/h4-40H,41H2,1-3H3. The molecule has 3 heterocycles. The number of fused-ring (bicyclic) bond motifs is 14. The number of hydrogen-bond acceptors (Lipinski definition) is 4. The van der Waals surface area contributed by atoms with Crippen molar-refractivity contribution in [3.63, 3.8) is 0 Å². The minimum absolute atomic E-state index is 0.0164. The van der Waals surface area contributed by atoms with Crippen LogP contribution in [0.25, 0.3) is 61.0 Å². The lowest BCUT2D eigenvalue weighted by molar-refractivity contribution is 0.483. The third-order valence-corrected chi connectivity index (χ3v) is 15.1. The van der Waals surface area contributed by atoms with E-state index in [0.29, 0.717) is 6.67 Å². The lowest BCUT2D eigenvalue weighted by Crippen LogP contribution is -2.27. The number of benzene rings is 9. The highest BCUT2D eigenvalue weighted by atomic mass is 16.5. The SMILES string of the molecule is CC(C)(C)c1ccnc(-n2c3ccccc3c3ccc(Oc4cccc(N5CN(c6c(-c7ccccc7)ccc7c6-c6ccccc6C76c7ccccc7-c7ccccc76)c6ccccc65)c4)cc32)c1. The van der Waals surface area contributed by atoms with Crippen LogP contribution in [0.15, 0.2) is 225 Å². The van der Waals surface area contributed by atoms with Crippen molar-refractivity contribution < 1.29 is 4.74 Å². The maximum Gasteiger partial charge on any atom is 0.137 e. The number of hydrogen-bond donors (Lipinski definition) is 0. The van der Waals surface area contributed by atoms with Crippen molar-refractivity contribution in [1.29, 1.82) is 0 Å². The lowest BCUT2D eigenvalue weighted by atomic mass is 9.70. The molecule has 9 aromatic carbocycles. The van der Waals surface area contributed by atoms with Crippen molar-refractivity contribution in [2.24, 2.45) is 0 Å². The second-order valence-electron chi connectivity index (χ2n) is 19.9. The van der Waals surface area contributed by atoms with Crippen LogP contribution in [-0.4, -0.2) is 16.2 Å². The fourth-order valence-electron chi connectivity index (χ4n) is 12.0. The van der Waals surface area contributed by atoms with Crippen LogP contribution >= 0.6 is 0 Å². The van der Waals surface area contributed by atoms with E-state index >= 15 is 0 Å². The minimum Gasteiger partial charge on any atom is -0.457 e. The Kier molecular flexibility index (Phi) is 8.75. The first-order valence-corrected chi connectivity index (χ1v) is 24.3. The summed E-state index contributed by atoms with van der Waals surface area (Å²) in [6.07, 6.45) is 1.93. The molecule has 0 saturated carbocycles. The second-order valence-corrected chi connectivity index (χ2v) is 19.9. The summed E-state index contributed by atoms with van der Waals surface area (Å²) in [5, 5.41) is 2.34. The van der Waals surface area contributed by atoms with Gasteiger partial charge in [0.15, 0.2) is 0 Å². The molecule has 3 aliphatic rings. The van der Waals surface area contributed by atoms with Crippen molar-refractivity contribution in [3.8, 4) is 50.7 Å². The van der Waals surface area contributed by atoms with Gasteiger partial charge in [0.2, 0.25) is 0 Å². The summed E-state index contributed by atoms with van der Waals surface area (Å²) >= 11 is 0. The van der Waals surface area contributed by atoms with Crippen LogP contribution in [-0.2, 0) is 10.8 Å². The Balaban J connectivity index is 0.896. The number of para-hydroxylation sites is 3. The Bertz CT molecular complexity index is 3870. The van der Waals surface area contributed by atoms with E-state index in [1.165, 1.54) is 72.3 Å². The molecule has 0 saturated heterocycles. The third-order valence-electron chi connectivity index (χ3n) is 15.1. The van der Waals surface area contributed by atoms with E-state index in [0.717, 1.165) is 50.8 Å². The fraction of sp³-hybridized carbons (Fsp3) is 0.0923.